The average molecular weight is 335 g/mol. The van der Waals surface area contributed by atoms with Crippen molar-refractivity contribution < 1.29 is 4.42 Å². The van der Waals surface area contributed by atoms with Crippen molar-refractivity contribution in [1.29, 1.82) is 0 Å². The molecule has 0 aliphatic carbocycles. The van der Waals surface area contributed by atoms with Gasteiger partial charge in [0.15, 0.2) is 5.58 Å². The fourth-order valence-electron chi connectivity index (χ4n) is 1.75. The van der Waals surface area contributed by atoms with Gasteiger partial charge in [0.1, 0.15) is 5.52 Å². The van der Waals surface area contributed by atoms with E-state index in [9.17, 15) is 0 Å². The van der Waals surface area contributed by atoms with Crippen LogP contribution >= 0.6 is 27.7 Å². The Morgan fingerprint density at radius 2 is 2.05 bits per heavy atom. The topological polar surface area (TPSA) is 52.0 Å². The zero-order valence-electron chi connectivity index (χ0n) is 9.97. The first-order valence-electron chi connectivity index (χ1n) is 5.74. The van der Waals surface area contributed by atoms with Gasteiger partial charge in [0.2, 0.25) is 5.89 Å². The summed E-state index contributed by atoms with van der Waals surface area (Å²) in [6, 6.07) is 13.6. The van der Waals surface area contributed by atoms with E-state index < -0.39 is 0 Å². The summed E-state index contributed by atoms with van der Waals surface area (Å²) < 4.78 is 6.69. The van der Waals surface area contributed by atoms with Crippen LogP contribution in [0.3, 0.4) is 0 Å². The lowest BCUT2D eigenvalue weighted by atomic mass is 10.3. The smallest absolute Gasteiger partial charge is 0.205 e. The Kier molecular flexibility index (Phi) is 3.48. The van der Waals surface area contributed by atoms with Crippen LogP contribution in [-0.2, 0) is 5.75 Å². The summed E-state index contributed by atoms with van der Waals surface area (Å²) in [5.74, 6) is 1.38. The predicted octanol–water partition coefficient (Wildman–Crippen LogP) is 4.46. The summed E-state index contributed by atoms with van der Waals surface area (Å²) in [5.41, 5.74) is 8.41. The molecular formula is C14H11BrN2OS. The number of hydrogen-bond donors (Lipinski definition) is 1. The van der Waals surface area contributed by atoms with Gasteiger partial charge < -0.3 is 10.2 Å². The van der Waals surface area contributed by atoms with E-state index in [2.05, 4.69) is 20.9 Å². The number of aromatic nitrogens is 1. The van der Waals surface area contributed by atoms with E-state index in [1.807, 2.05) is 42.5 Å². The molecule has 3 nitrogen and oxygen atoms in total. The molecule has 1 aromatic heterocycles. The lowest BCUT2D eigenvalue weighted by Gasteiger charge is -2.03. The number of para-hydroxylation sites is 2. The van der Waals surface area contributed by atoms with Gasteiger partial charge in [-0.15, -0.1) is 11.8 Å². The zero-order chi connectivity index (χ0) is 13.2. The molecule has 0 fully saturated rings. The monoisotopic (exact) mass is 334 g/mol. The Hall–Kier alpha value is -1.46. The third-order valence-electron chi connectivity index (χ3n) is 2.66. The number of nitrogens with two attached hydrogens (primary N) is 1. The highest BCUT2D eigenvalue weighted by Crippen LogP contribution is 2.31. The lowest BCUT2D eigenvalue weighted by Crippen LogP contribution is -1.89. The van der Waals surface area contributed by atoms with E-state index in [0.29, 0.717) is 11.6 Å². The van der Waals surface area contributed by atoms with Gasteiger partial charge in [-0.2, -0.15) is 0 Å². The van der Waals surface area contributed by atoms with Crippen molar-refractivity contribution in [3.05, 3.63) is 52.8 Å². The Bertz CT molecular complexity index is 693. The summed E-state index contributed by atoms with van der Waals surface area (Å²) >= 11 is 5.06. The molecule has 3 rings (SSSR count). The molecule has 3 aromatic rings. The van der Waals surface area contributed by atoms with Crippen LogP contribution < -0.4 is 5.73 Å². The normalized spacial score (nSPS) is 11.0. The highest BCUT2D eigenvalue weighted by molar-refractivity contribution is 9.10. The van der Waals surface area contributed by atoms with Crippen LogP contribution in [0.5, 0.6) is 0 Å². The predicted molar refractivity (Wildman–Crippen MR) is 82.1 cm³/mol. The van der Waals surface area contributed by atoms with Crippen molar-refractivity contribution >= 4 is 44.5 Å². The molecule has 0 aliphatic rings. The minimum atomic E-state index is 0.662. The number of anilines is 1. The van der Waals surface area contributed by atoms with Crippen molar-refractivity contribution in [2.45, 2.75) is 10.6 Å². The summed E-state index contributed by atoms with van der Waals surface area (Å²) in [7, 11) is 0. The minimum absolute atomic E-state index is 0.662. The molecule has 0 saturated carbocycles. The van der Waals surface area contributed by atoms with Crippen molar-refractivity contribution in [3.63, 3.8) is 0 Å². The van der Waals surface area contributed by atoms with Crippen molar-refractivity contribution in [2.24, 2.45) is 0 Å². The zero-order valence-corrected chi connectivity index (χ0v) is 12.4. The molecule has 0 spiro atoms. The SMILES string of the molecule is Nc1ccc(Br)cc1SCc1nc2ccccc2o1. The third-order valence-corrected chi connectivity index (χ3v) is 4.21. The van der Waals surface area contributed by atoms with Gasteiger partial charge in [-0.3, -0.25) is 0 Å². The van der Waals surface area contributed by atoms with E-state index in [1.54, 1.807) is 11.8 Å². The maximum atomic E-state index is 5.94. The standard InChI is InChI=1S/C14H11BrN2OS/c15-9-5-6-10(16)13(7-9)19-8-14-17-11-3-1-2-4-12(11)18-14/h1-7H,8,16H2. The van der Waals surface area contributed by atoms with E-state index in [-0.39, 0.29) is 0 Å². The first-order chi connectivity index (χ1) is 9.22. The van der Waals surface area contributed by atoms with Gasteiger partial charge in [-0.1, -0.05) is 28.1 Å². The summed E-state index contributed by atoms with van der Waals surface area (Å²) in [4.78, 5) is 5.46. The van der Waals surface area contributed by atoms with E-state index in [0.717, 1.165) is 26.2 Å². The Morgan fingerprint density at radius 1 is 1.21 bits per heavy atom. The molecule has 19 heavy (non-hydrogen) atoms. The van der Waals surface area contributed by atoms with Crippen LogP contribution in [0.2, 0.25) is 0 Å². The molecule has 1 heterocycles. The second-order valence-electron chi connectivity index (χ2n) is 4.05. The molecule has 96 valence electrons. The Morgan fingerprint density at radius 3 is 2.89 bits per heavy atom. The number of rotatable bonds is 3. The van der Waals surface area contributed by atoms with Crippen molar-refractivity contribution in [2.75, 3.05) is 5.73 Å². The van der Waals surface area contributed by atoms with Gasteiger partial charge in [0.05, 0.1) is 5.75 Å². The van der Waals surface area contributed by atoms with Crippen LogP contribution in [0.1, 0.15) is 5.89 Å². The molecule has 2 aromatic carbocycles. The fourth-order valence-corrected chi connectivity index (χ4v) is 3.11. The number of thioether (sulfide) groups is 1. The maximum Gasteiger partial charge on any atom is 0.205 e. The van der Waals surface area contributed by atoms with Gasteiger partial charge in [0.25, 0.3) is 0 Å². The van der Waals surface area contributed by atoms with Gasteiger partial charge in [-0.25, -0.2) is 4.98 Å². The number of hydrogen-bond acceptors (Lipinski definition) is 4. The number of halogens is 1. The van der Waals surface area contributed by atoms with Crippen LogP contribution in [0, 0.1) is 0 Å². The highest BCUT2D eigenvalue weighted by atomic mass is 79.9. The number of oxazole rings is 1. The van der Waals surface area contributed by atoms with E-state index in [4.69, 9.17) is 10.2 Å². The molecule has 2 N–H and O–H groups in total. The van der Waals surface area contributed by atoms with E-state index in [1.165, 1.54) is 0 Å². The van der Waals surface area contributed by atoms with Crippen LogP contribution in [0.4, 0.5) is 5.69 Å². The van der Waals surface area contributed by atoms with E-state index >= 15 is 0 Å². The Labute approximate surface area is 123 Å². The van der Waals surface area contributed by atoms with Crippen LogP contribution in [-0.4, -0.2) is 4.98 Å². The number of nitrogen functional groups attached to an aromatic ring is 1. The molecule has 0 radical (unpaired) electrons. The Balaban J connectivity index is 1.80. The van der Waals surface area contributed by atoms with Crippen molar-refractivity contribution in [1.82, 2.24) is 4.98 Å². The van der Waals surface area contributed by atoms with Crippen LogP contribution in [0.25, 0.3) is 11.1 Å². The third kappa shape index (κ3) is 2.77. The first-order valence-corrected chi connectivity index (χ1v) is 7.52. The van der Waals surface area contributed by atoms with Crippen molar-refractivity contribution in [3.8, 4) is 0 Å². The average Bonchev–Trinajstić information content (AvgIpc) is 2.82. The van der Waals surface area contributed by atoms with Gasteiger partial charge >= 0.3 is 0 Å². The molecular weight excluding hydrogens is 324 g/mol. The van der Waals surface area contributed by atoms with Crippen LogP contribution in [0.15, 0.2) is 56.2 Å². The second kappa shape index (κ2) is 5.27. The molecule has 0 amide bonds. The lowest BCUT2D eigenvalue weighted by molar-refractivity contribution is 0.556. The molecule has 0 aliphatic heterocycles. The number of nitrogens with zero attached hydrogens (tertiary/aromatic N) is 1. The molecule has 0 saturated heterocycles. The molecule has 5 heteroatoms. The maximum absolute atomic E-state index is 5.94. The molecule has 0 unspecified atom stereocenters. The quantitative estimate of drug-likeness (QED) is 0.567. The largest absolute Gasteiger partial charge is 0.440 e. The summed E-state index contributed by atoms with van der Waals surface area (Å²) in [5, 5.41) is 0. The molecule has 0 atom stereocenters. The number of benzene rings is 2. The number of fused-ring (bicyclic) bond motifs is 1. The summed E-state index contributed by atoms with van der Waals surface area (Å²) in [6.45, 7) is 0. The fraction of sp³-hybridized carbons (Fsp3) is 0.0714. The van der Waals surface area contributed by atoms with Gasteiger partial charge in [0, 0.05) is 15.1 Å². The first kappa shape index (κ1) is 12.6. The second-order valence-corrected chi connectivity index (χ2v) is 5.98. The minimum Gasteiger partial charge on any atom is -0.440 e. The molecule has 0 bridgehead atoms. The van der Waals surface area contributed by atoms with Gasteiger partial charge in [-0.05, 0) is 30.3 Å². The highest BCUT2D eigenvalue weighted by Gasteiger charge is 2.07. The summed E-state index contributed by atoms with van der Waals surface area (Å²) in [6.07, 6.45) is 0.